The van der Waals surface area contributed by atoms with Gasteiger partial charge in [0.2, 0.25) is 5.91 Å². The van der Waals surface area contributed by atoms with Gasteiger partial charge in [-0.2, -0.15) is 0 Å². The molecule has 31 heavy (non-hydrogen) atoms. The van der Waals surface area contributed by atoms with Gasteiger partial charge in [0.15, 0.2) is 0 Å². The van der Waals surface area contributed by atoms with Gasteiger partial charge in [0.05, 0.1) is 24.5 Å². The number of carbonyl (C=O) groups excluding carboxylic acids is 3. The molecule has 4 rings (SSSR count). The monoisotopic (exact) mass is 430 g/mol. The number of carbonyl (C=O) groups is 3. The minimum Gasteiger partial charge on any atom is -0.442 e. The Kier molecular flexibility index (Phi) is 5.45. The number of cyclic esters (lactones) is 1. The second-order valence-corrected chi connectivity index (χ2v) is 7.25. The predicted octanol–water partition coefficient (Wildman–Crippen LogP) is 2.87. The van der Waals surface area contributed by atoms with Gasteiger partial charge in [0.1, 0.15) is 17.7 Å². The van der Waals surface area contributed by atoms with Crippen LogP contribution in [0, 0.1) is 11.6 Å². The van der Waals surface area contributed by atoms with E-state index >= 15 is 0 Å². The number of rotatable bonds is 5. The van der Waals surface area contributed by atoms with Crippen molar-refractivity contribution in [3.63, 3.8) is 0 Å². The highest BCUT2D eigenvalue weighted by Crippen LogP contribution is 2.31. The summed E-state index contributed by atoms with van der Waals surface area (Å²) in [5.74, 6) is -1.31. The summed E-state index contributed by atoms with van der Waals surface area (Å²) < 4.78 is 33.2. The maximum Gasteiger partial charge on any atom is 0.414 e. The van der Waals surface area contributed by atoms with Crippen molar-refractivity contribution in [3.05, 3.63) is 54.1 Å². The fourth-order valence-corrected chi connectivity index (χ4v) is 3.60. The number of hydrogen-bond acceptors (Lipinski definition) is 4. The predicted molar refractivity (Wildman–Crippen MR) is 109 cm³/mol. The Hall–Kier alpha value is -3.69. The topological polar surface area (TPSA) is 82.2 Å². The largest absolute Gasteiger partial charge is 0.442 e. The maximum absolute atomic E-state index is 14.9. The SMILES string of the molecule is CC(=O)NC[C@H]1CN(c2ccc(N3CCN(c4ccc(F)cc4)C3=O)c(F)c2)C(=O)O1. The average molecular weight is 430 g/mol. The molecule has 0 spiro atoms. The normalized spacial score (nSPS) is 18.5. The van der Waals surface area contributed by atoms with Gasteiger partial charge in [-0.1, -0.05) is 0 Å². The zero-order valence-electron chi connectivity index (χ0n) is 16.7. The van der Waals surface area contributed by atoms with E-state index in [4.69, 9.17) is 4.74 Å². The third-order valence-electron chi connectivity index (χ3n) is 5.13. The molecule has 0 aromatic heterocycles. The summed E-state index contributed by atoms with van der Waals surface area (Å²) >= 11 is 0. The first kappa shape index (κ1) is 20.6. The Labute approximate surface area is 177 Å². The number of hydrogen-bond donors (Lipinski definition) is 1. The number of anilines is 3. The lowest BCUT2D eigenvalue weighted by atomic mass is 10.2. The van der Waals surface area contributed by atoms with Crippen molar-refractivity contribution in [2.24, 2.45) is 0 Å². The van der Waals surface area contributed by atoms with E-state index in [9.17, 15) is 23.2 Å². The van der Waals surface area contributed by atoms with Crippen molar-refractivity contribution in [2.45, 2.75) is 13.0 Å². The first-order valence-corrected chi connectivity index (χ1v) is 9.70. The molecule has 4 amide bonds. The Balaban J connectivity index is 1.48. The van der Waals surface area contributed by atoms with Gasteiger partial charge in [-0.05, 0) is 42.5 Å². The molecule has 10 heteroatoms. The molecular formula is C21H20F2N4O4. The summed E-state index contributed by atoms with van der Waals surface area (Å²) in [5, 5.41) is 2.58. The molecule has 2 aromatic carbocycles. The third kappa shape index (κ3) is 4.14. The number of nitrogens with one attached hydrogen (secondary N) is 1. The standard InChI is InChI=1S/C21H20F2N4O4/c1-13(28)24-11-17-12-27(21(30)31-17)16-6-7-19(18(23)10-16)26-9-8-25(20(26)29)15-4-2-14(22)3-5-15/h2-7,10,17H,8-9,11-12H2,1H3,(H,24,28)/t17-/m0/s1. The summed E-state index contributed by atoms with van der Waals surface area (Å²) in [7, 11) is 0. The zero-order valence-corrected chi connectivity index (χ0v) is 16.7. The van der Waals surface area contributed by atoms with Crippen LogP contribution >= 0.6 is 0 Å². The van der Waals surface area contributed by atoms with Crippen LogP contribution in [0.2, 0.25) is 0 Å². The van der Waals surface area contributed by atoms with Gasteiger partial charge in [-0.15, -0.1) is 0 Å². The van der Waals surface area contributed by atoms with Gasteiger partial charge in [-0.25, -0.2) is 18.4 Å². The molecule has 2 aliphatic rings. The molecule has 0 unspecified atom stereocenters. The molecule has 162 valence electrons. The molecule has 0 saturated carbocycles. The van der Waals surface area contributed by atoms with E-state index in [1.807, 2.05) is 0 Å². The minimum absolute atomic E-state index is 0.0840. The van der Waals surface area contributed by atoms with Crippen LogP contribution in [0.3, 0.4) is 0 Å². The third-order valence-corrected chi connectivity index (χ3v) is 5.13. The Morgan fingerprint density at radius 2 is 1.71 bits per heavy atom. The van der Waals surface area contributed by atoms with E-state index in [1.54, 1.807) is 0 Å². The molecule has 2 aromatic rings. The lowest BCUT2D eigenvalue weighted by Crippen LogP contribution is -2.33. The van der Waals surface area contributed by atoms with Crippen molar-refractivity contribution in [1.29, 1.82) is 0 Å². The van der Waals surface area contributed by atoms with Crippen LogP contribution in [-0.4, -0.2) is 50.3 Å². The zero-order chi connectivity index (χ0) is 22.1. The lowest BCUT2D eigenvalue weighted by molar-refractivity contribution is -0.119. The van der Waals surface area contributed by atoms with Gasteiger partial charge < -0.3 is 10.1 Å². The molecule has 8 nitrogen and oxygen atoms in total. The van der Waals surface area contributed by atoms with Crippen LogP contribution < -0.4 is 20.0 Å². The molecule has 2 saturated heterocycles. The summed E-state index contributed by atoms with van der Waals surface area (Å²) in [5.41, 5.74) is 0.898. The van der Waals surface area contributed by atoms with Crippen LogP contribution in [0.4, 0.5) is 35.4 Å². The summed E-state index contributed by atoms with van der Waals surface area (Å²) in [6.45, 7) is 2.28. The van der Waals surface area contributed by atoms with Gasteiger partial charge >= 0.3 is 12.1 Å². The van der Waals surface area contributed by atoms with Gasteiger partial charge in [0, 0.05) is 25.7 Å². The Bertz CT molecular complexity index is 1030. The first-order chi connectivity index (χ1) is 14.8. The number of ether oxygens (including phenoxy) is 1. The number of halogens is 2. The number of benzene rings is 2. The Morgan fingerprint density at radius 3 is 2.39 bits per heavy atom. The van der Waals surface area contributed by atoms with Crippen LogP contribution in [-0.2, 0) is 9.53 Å². The minimum atomic E-state index is -0.662. The molecule has 0 aliphatic carbocycles. The van der Waals surface area contributed by atoms with Crippen molar-refractivity contribution < 1.29 is 27.9 Å². The molecule has 2 fully saturated rings. The maximum atomic E-state index is 14.9. The van der Waals surface area contributed by atoms with E-state index < -0.39 is 29.9 Å². The van der Waals surface area contributed by atoms with Crippen molar-refractivity contribution in [2.75, 3.05) is 40.9 Å². The lowest BCUT2D eigenvalue weighted by Gasteiger charge is -2.20. The van der Waals surface area contributed by atoms with E-state index in [0.29, 0.717) is 17.9 Å². The number of urea groups is 1. The van der Waals surface area contributed by atoms with Crippen molar-refractivity contribution >= 4 is 35.1 Å². The molecule has 0 radical (unpaired) electrons. The number of nitrogens with zero attached hydrogens (tertiary/aromatic N) is 3. The highest BCUT2D eigenvalue weighted by molar-refractivity contribution is 6.06. The van der Waals surface area contributed by atoms with Crippen molar-refractivity contribution in [3.8, 4) is 0 Å². The van der Waals surface area contributed by atoms with Crippen LogP contribution in [0.15, 0.2) is 42.5 Å². The number of amides is 4. The second kappa shape index (κ2) is 8.21. The molecular weight excluding hydrogens is 410 g/mol. The molecule has 2 heterocycles. The van der Waals surface area contributed by atoms with Crippen LogP contribution in [0.25, 0.3) is 0 Å². The molecule has 0 bridgehead atoms. The quantitative estimate of drug-likeness (QED) is 0.791. The Morgan fingerprint density at radius 1 is 1.03 bits per heavy atom. The second-order valence-electron chi connectivity index (χ2n) is 7.25. The van der Waals surface area contributed by atoms with E-state index in [1.165, 1.54) is 64.1 Å². The van der Waals surface area contributed by atoms with Gasteiger partial charge in [0.25, 0.3) is 0 Å². The summed E-state index contributed by atoms with van der Waals surface area (Å²) in [6, 6.07) is 9.22. The highest BCUT2D eigenvalue weighted by atomic mass is 19.1. The summed E-state index contributed by atoms with van der Waals surface area (Å²) in [4.78, 5) is 39.9. The first-order valence-electron chi connectivity index (χ1n) is 9.70. The summed E-state index contributed by atoms with van der Waals surface area (Å²) in [6.07, 6.45) is -1.18. The smallest absolute Gasteiger partial charge is 0.414 e. The molecule has 1 N–H and O–H groups in total. The molecule has 2 aliphatic heterocycles. The van der Waals surface area contributed by atoms with E-state index in [2.05, 4.69) is 5.32 Å². The molecule has 1 atom stereocenters. The van der Waals surface area contributed by atoms with E-state index in [-0.39, 0.29) is 31.2 Å². The van der Waals surface area contributed by atoms with E-state index in [0.717, 1.165) is 0 Å². The van der Waals surface area contributed by atoms with Crippen LogP contribution in [0.1, 0.15) is 6.92 Å². The van der Waals surface area contributed by atoms with Crippen LogP contribution in [0.5, 0.6) is 0 Å². The van der Waals surface area contributed by atoms with Gasteiger partial charge in [-0.3, -0.25) is 19.5 Å². The fraction of sp³-hybridized carbons (Fsp3) is 0.286. The van der Waals surface area contributed by atoms with Crippen molar-refractivity contribution in [1.82, 2.24) is 5.32 Å². The average Bonchev–Trinajstić information content (AvgIpc) is 3.29. The fourth-order valence-electron chi connectivity index (χ4n) is 3.60. The highest BCUT2D eigenvalue weighted by Gasteiger charge is 2.35.